The van der Waals surface area contributed by atoms with E-state index in [0.717, 1.165) is 6.54 Å². The number of hydrogen-bond acceptors (Lipinski definition) is 1. The highest BCUT2D eigenvalue weighted by atomic mass is 35.5. The van der Waals surface area contributed by atoms with Crippen molar-refractivity contribution in [1.29, 1.82) is 0 Å². The van der Waals surface area contributed by atoms with Gasteiger partial charge in [0.25, 0.3) is 0 Å². The first-order chi connectivity index (χ1) is 5.38. The molecular formula is C9H13Cl2N. The summed E-state index contributed by atoms with van der Waals surface area (Å²) < 4.78 is 0. The van der Waals surface area contributed by atoms with Crippen LogP contribution in [0, 0.1) is 0 Å². The van der Waals surface area contributed by atoms with Gasteiger partial charge in [-0.25, -0.2) is 0 Å². The van der Waals surface area contributed by atoms with Crippen molar-refractivity contribution in [3.8, 4) is 0 Å². The minimum absolute atomic E-state index is 0. The van der Waals surface area contributed by atoms with E-state index in [2.05, 4.69) is 17.4 Å². The lowest BCUT2D eigenvalue weighted by atomic mass is 10.1. The Bertz CT molecular complexity index is 226. The fourth-order valence-electron chi connectivity index (χ4n) is 1.05. The first kappa shape index (κ1) is 11.8. The van der Waals surface area contributed by atoms with E-state index in [0.29, 0.717) is 5.88 Å². The molecule has 0 fully saturated rings. The van der Waals surface area contributed by atoms with Gasteiger partial charge in [0.05, 0.1) is 0 Å². The molecule has 0 aliphatic rings. The van der Waals surface area contributed by atoms with Crippen LogP contribution in [-0.2, 0) is 12.4 Å². The monoisotopic (exact) mass is 205 g/mol. The van der Waals surface area contributed by atoms with Crippen LogP contribution in [-0.4, -0.2) is 7.05 Å². The lowest BCUT2D eigenvalue weighted by Gasteiger charge is -2.04. The number of hydrogen-bond donors (Lipinski definition) is 1. The van der Waals surface area contributed by atoms with Crippen molar-refractivity contribution < 1.29 is 0 Å². The number of rotatable bonds is 3. The van der Waals surface area contributed by atoms with Gasteiger partial charge in [0.2, 0.25) is 0 Å². The Labute approximate surface area is 84.5 Å². The Morgan fingerprint density at radius 2 is 1.83 bits per heavy atom. The molecule has 3 heteroatoms. The van der Waals surface area contributed by atoms with E-state index in [1.807, 2.05) is 19.2 Å². The molecule has 0 heterocycles. The molecule has 0 spiro atoms. The highest BCUT2D eigenvalue weighted by molar-refractivity contribution is 6.17. The molecule has 0 aliphatic carbocycles. The Balaban J connectivity index is 0.00000121. The summed E-state index contributed by atoms with van der Waals surface area (Å²) in [4.78, 5) is 0. The van der Waals surface area contributed by atoms with Crippen molar-refractivity contribution >= 4 is 24.0 Å². The van der Waals surface area contributed by atoms with Gasteiger partial charge in [0, 0.05) is 12.4 Å². The number of nitrogens with one attached hydrogen (secondary N) is 1. The fraction of sp³-hybridized carbons (Fsp3) is 0.333. The minimum atomic E-state index is 0. The Morgan fingerprint density at radius 3 is 2.33 bits per heavy atom. The fourth-order valence-corrected chi connectivity index (χ4v) is 1.31. The molecule has 0 saturated heterocycles. The standard InChI is InChI=1S/C9H12ClN.ClH/c1-11-7-9-5-3-2-4-8(9)6-10;/h2-5,11H,6-7H2,1H3;1H. The van der Waals surface area contributed by atoms with E-state index in [4.69, 9.17) is 11.6 Å². The molecule has 68 valence electrons. The highest BCUT2D eigenvalue weighted by Crippen LogP contribution is 2.10. The van der Waals surface area contributed by atoms with E-state index in [9.17, 15) is 0 Å². The summed E-state index contributed by atoms with van der Waals surface area (Å²) >= 11 is 5.74. The van der Waals surface area contributed by atoms with E-state index in [-0.39, 0.29) is 12.4 Å². The average molecular weight is 206 g/mol. The summed E-state index contributed by atoms with van der Waals surface area (Å²) in [5.41, 5.74) is 2.49. The minimum Gasteiger partial charge on any atom is -0.316 e. The molecule has 0 aliphatic heterocycles. The maximum atomic E-state index is 5.74. The van der Waals surface area contributed by atoms with Crippen LogP contribution in [0.2, 0.25) is 0 Å². The van der Waals surface area contributed by atoms with E-state index in [1.54, 1.807) is 0 Å². The first-order valence-electron chi connectivity index (χ1n) is 3.66. The normalized spacial score (nSPS) is 9.17. The molecule has 0 unspecified atom stereocenters. The lowest BCUT2D eigenvalue weighted by Crippen LogP contribution is -2.06. The van der Waals surface area contributed by atoms with Crippen LogP contribution in [0.1, 0.15) is 11.1 Å². The van der Waals surface area contributed by atoms with Crippen LogP contribution in [0.25, 0.3) is 0 Å². The summed E-state index contributed by atoms with van der Waals surface area (Å²) in [6, 6.07) is 8.19. The molecule has 0 radical (unpaired) electrons. The third-order valence-corrected chi connectivity index (χ3v) is 1.92. The SMILES string of the molecule is CNCc1ccccc1CCl.Cl. The molecule has 0 bridgehead atoms. The van der Waals surface area contributed by atoms with Crippen LogP contribution in [0.4, 0.5) is 0 Å². The molecule has 12 heavy (non-hydrogen) atoms. The second kappa shape index (κ2) is 6.30. The second-order valence-electron chi connectivity index (χ2n) is 2.43. The third kappa shape index (κ3) is 3.02. The zero-order chi connectivity index (χ0) is 8.10. The molecule has 1 rings (SSSR count). The molecule has 0 atom stereocenters. The maximum Gasteiger partial charge on any atom is 0.0477 e. The van der Waals surface area contributed by atoms with Crippen molar-refractivity contribution in [3.63, 3.8) is 0 Å². The molecule has 1 aromatic rings. The van der Waals surface area contributed by atoms with Gasteiger partial charge in [-0.05, 0) is 18.2 Å². The van der Waals surface area contributed by atoms with Crippen LogP contribution in [0.3, 0.4) is 0 Å². The second-order valence-corrected chi connectivity index (χ2v) is 2.70. The van der Waals surface area contributed by atoms with Gasteiger partial charge in [-0.1, -0.05) is 24.3 Å². The summed E-state index contributed by atoms with van der Waals surface area (Å²) in [5, 5.41) is 3.10. The largest absolute Gasteiger partial charge is 0.316 e. The van der Waals surface area contributed by atoms with Gasteiger partial charge in [0.1, 0.15) is 0 Å². The first-order valence-corrected chi connectivity index (χ1v) is 4.19. The van der Waals surface area contributed by atoms with Crippen LogP contribution >= 0.6 is 24.0 Å². The van der Waals surface area contributed by atoms with Crippen molar-refractivity contribution in [2.75, 3.05) is 7.05 Å². The summed E-state index contributed by atoms with van der Waals surface area (Å²) in [7, 11) is 1.94. The van der Waals surface area contributed by atoms with Gasteiger partial charge >= 0.3 is 0 Å². The predicted molar refractivity (Wildman–Crippen MR) is 56.0 cm³/mol. The van der Waals surface area contributed by atoms with Crippen LogP contribution < -0.4 is 5.32 Å². The summed E-state index contributed by atoms with van der Waals surface area (Å²) in [5.74, 6) is 0.595. The highest BCUT2D eigenvalue weighted by Gasteiger charge is 1.96. The molecule has 1 aromatic carbocycles. The predicted octanol–water partition coefficient (Wildman–Crippen LogP) is 2.57. The Kier molecular flexibility index (Phi) is 6.17. The molecular weight excluding hydrogens is 193 g/mol. The van der Waals surface area contributed by atoms with Crippen molar-refractivity contribution in [3.05, 3.63) is 35.4 Å². The molecule has 0 amide bonds. The average Bonchev–Trinajstić information content (AvgIpc) is 2.06. The quantitative estimate of drug-likeness (QED) is 0.749. The van der Waals surface area contributed by atoms with Crippen molar-refractivity contribution in [2.45, 2.75) is 12.4 Å². The maximum absolute atomic E-state index is 5.74. The van der Waals surface area contributed by atoms with Crippen LogP contribution in [0.15, 0.2) is 24.3 Å². The van der Waals surface area contributed by atoms with E-state index in [1.165, 1.54) is 11.1 Å². The van der Waals surface area contributed by atoms with Gasteiger partial charge < -0.3 is 5.32 Å². The molecule has 0 aromatic heterocycles. The van der Waals surface area contributed by atoms with Gasteiger partial charge in [-0.2, -0.15) is 0 Å². The van der Waals surface area contributed by atoms with Crippen molar-refractivity contribution in [1.82, 2.24) is 5.32 Å². The van der Waals surface area contributed by atoms with Gasteiger partial charge in [-0.15, -0.1) is 24.0 Å². The lowest BCUT2D eigenvalue weighted by molar-refractivity contribution is 0.811. The number of benzene rings is 1. The molecule has 0 saturated carbocycles. The zero-order valence-electron chi connectivity index (χ0n) is 7.01. The van der Waals surface area contributed by atoms with Crippen LogP contribution in [0.5, 0.6) is 0 Å². The number of halogens is 2. The Morgan fingerprint density at radius 1 is 1.25 bits per heavy atom. The topological polar surface area (TPSA) is 12.0 Å². The van der Waals surface area contributed by atoms with E-state index >= 15 is 0 Å². The zero-order valence-corrected chi connectivity index (χ0v) is 8.58. The van der Waals surface area contributed by atoms with Gasteiger partial charge in [-0.3, -0.25) is 0 Å². The van der Waals surface area contributed by atoms with E-state index < -0.39 is 0 Å². The third-order valence-electron chi connectivity index (χ3n) is 1.63. The summed E-state index contributed by atoms with van der Waals surface area (Å²) in [6.45, 7) is 0.892. The Hall–Kier alpha value is -0.240. The molecule has 1 nitrogen and oxygen atoms in total. The number of alkyl halides is 1. The van der Waals surface area contributed by atoms with Gasteiger partial charge in [0.15, 0.2) is 0 Å². The smallest absolute Gasteiger partial charge is 0.0477 e. The van der Waals surface area contributed by atoms with Crippen molar-refractivity contribution in [2.24, 2.45) is 0 Å². The molecule has 1 N–H and O–H groups in total. The summed E-state index contributed by atoms with van der Waals surface area (Å²) in [6.07, 6.45) is 0.